The van der Waals surface area contributed by atoms with Crippen molar-refractivity contribution in [2.45, 2.75) is 46.6 Å². The lowest BCUT2D eigenvalue weighted by molar-refractivity contribution is 0.0944. The first-order valence-corrected chi connectivity index (χ1v) is 10.5. The summed E-state index contributed by atoms with van der Waals surface area (Å²) in [5, 5.41) is 8.56. The predicted molar refractivity (Wildman–Crippen MR) is 113 cm³/mol. The maximum absolute atomic E-state index is 12.8. The molecular formula is C22H32N4O2. The van der Waals surface area contributed by atoms with Gasteiger partial charge in [0.05, 0.1) is 5.39 Å². The van der Waals surface area contributed by atoms with Gasteiger partial charge < -0.3 is 10.2 Å². The van der Waals surface area contributed by atoms with E-state index >= 15 is 0 Å². The van der Waals surface area contributed by atoms with Gasteiger partial charge in [-0.3, -0.25) is 9.59 Å². The second-order valence-electron chi connectivity index (χ2n) is 8.41. The molecule has 1 amide bonds. The fraction of sp³-hybridized carbons (Fsp3) is 0.591. The van der Waals surface area contributed by atoms with Crippen molar-refractivity contribution in [3.63, 3.8) is 0 Å². The van der Waals surface area contributed by atoms with Crippen molar-refractivity contribution in [2.24, 2.45) is 11.8 Å². The molecule has 6 nitrogen and oxygen atoms in total. The highest BCUT2D eigenvalue weighted by atomic mass is 16.2. The molecule has 2 aromatic rings. The van der Waals surface area contributed by atoms with E-state index in [1.807, 2.05) is 26.0 Å². The zero-order chi connectivity index (χ0) is 20.1. The molecule has 1 aromatic carbocycles. The normalized spacial score (nSPS) is 16.0. The van der Waals surface area contributed by atoms with E-state index in [0.29, 0.717) is 29.6 Å². The van der Waals surface area contributed by atoms with Crippen LogP contribution in [0.3, 0.4) is 0 Å². The molecule has 152 valence electrons. The van der Waals surface area contributed by atoms with E-state index in [4.69, 9.17) is 0 Å². The third-order valence-electron chi connectivity index (χ3n) is 5.43. The molecule has 1 aromatic heterocycles. The quantitative estimate of drug-likeness (QED) is 0.746. The number of hydrogen-bond acceptors (Lipinski definition) is 4. The molecule has 2 heterocycles. The highest BCUT2D eigenvalue weighted by Gasteiger charge is 2.18. The standard InChI is InChI=1S/C22H32N4O2/c1-16(2)15-26-22(28)19-8-5-4-7-18(19)20(24-26)21(27)23-11-6-12-25-13-9-17(3)10-14-25/h4-5,7-8,16-17H,6,9-15H2,1-3H3,(H,23,27). The van der Waals surface area contributed by atoms with E-state index in [1.165, 1.54) is 17.5 Å². The molecule has 1 N–H and O–H groups in total. The number of rotatable bonds is 7. The second-order valence-corrected chi connectivity index (χ2v) is 8.41. The number of benzene rings is 1. The molecule has 0 aliphatic carbocycles. The number of aromatic nitrogens is 2. The molecule has 1 saturated heterocycles. The van der Waals surface area contributed by atoms with Crippen LogP contribution in [0.25, 0.3) is 10.8 Å². The Morgan fingerprint density at radius 2 is 1.89 bits per heavy atom. The van der Waals surface area contributed by atoms with E-state index in [0.717, 1.165) is 32.0 Å². The summed E-state index contributed by atoms with van der Waals surface area (Å²) >= 11 is 0. The first-order valence-electron chi connectivity index (χ1n) is 10.5. The van der Waals surface area contributed by atoms with Crippen LogP contribution in [0, 0.1) is 11.8 Å². The van der Waals surface area contributed by atoms with Crippen molar-refractivity contribution in [1.82, 2.24) is 20.0 Å². The molecule has 28 heavy (non-hydrogen) atoms. The molecule has 1 aliphatic heterocycles. The van der Waals surface area contributed by atoms with Crippen molar-refractivity contribution in [3.8, 4) is 0 Å². The number of fused-ring (bicyclic) bond motifs is 1. The fourth-order valence-electron chi connectivity index (χ4n) is 3.75. The Balaban J connectivity index is 1.67. The van der Waals surface area contributed by atoms with Crippen LogP contribution in [-0.4, -0.2) is 46.8 Å². The molecule has 0 saturated carbocycles. The summed E-state index contributed by atoms with van der Waals surface area (Å²) in [7, 11) is 0. The Kier molecular flexibility index (Phi) is 6.83. The van der Waals surface area contributed by atoms with Gasteiger partial charge in [0.1, 0.15) is 0 Å². The molecule has 0 spiro atoms. The zero-order valence-electron chi connectivity index (χ0n) is 17.3. The molecule has 0 atom stereocenters. The number of carbonyl (C=O) groups excluding carboxylic acids is 1. The third kappa shape index (κ3) is 4.98. The number of piperidine rings is 1. The number of hydrogen-bond donors (Lipinski definition) is 1. The van der Waals surface area contributed by atoms with Crippen LogP contribution in [0.15, 0.2) is 29.1 Å². The number of carbonyl (C=O) groups is 1. The lowest BCUT2D eigenvalue weighted by Crippen LogP contribution is -2.36. The van der Waals surface area contributed by atoms with Gasteiger partial charge in [-0.05, 0) is 56.8 Å². The molecule has 0 bridgehead atoms. The van der Waals surface area contributed by atoms with Crippen LogP contribution in [0.5, 0.6) is 0 Å². The number of likely N-dealkylation sites (tertiary alicyclic amines) is 1. The lowest BCUT2D eigenvalue weighted by atomic mass is 9.99. The van der Waals surface area contributed by atoms with Crippen molar-refractivity contribution >= 4 is 16.7 Å². The highest BCUT2D eigenvalue weighted by Crippen LogP contribution is 2.16. The van der Waals surface area contributed by atoms with Crippen molar-refractivity contribution in [1.29, 1.82) is 0 Å². The monoisotopic (exact) mass is 384 g/mol. The summed E-state index contributed by atoms with van der Waals surface area (Å²) < 4.78 is 1.43. The Morgan fingerprint density at radius 3 is 2.57 bits per heavy atom. The van der Waals surface area contributed by atoms with E-state index in [-0.39, 0.29) is 17.4 Å². The molecule has 1 aliphatic rings. The van der Waals surface area contributed by atoms with Crippen LogP contribution >= 0.6 is 0 Å². The second kappa shape index (κ2) is 9.32. The van der Waals surface area contributed by atoms with Crippen molar-refractivity contribution < 1.29 is 4.79 Å². The zero-order valence-corrected chi connectivity index (χ0v) is 17.3. The summed E-state index contributed by atoms with van der Waals surface area (Å²) in [6, 6.07) is 7.23. The Labute approximate surface area is 166 Å². The topological polar surface area (TPSA) is 67.2 Å². The molecule has 3 rings (SSSR count). The van der Waals surface area contributed by atoms with Gasteiger partial charge in [-0.15, -0.1) is 0 Å². The van der Waals surface area contributed by atoms with E-state index in [9.17, 15) is 9.59 Å². The summed E-state index contributed by atoms with van der Waals surface area (Å²) in [5.74, 6) is 0.896. The van der Waals surface area contributed by atoms with Crippen LogP contribution in [0.1, 0.15) is 50.5 Å². The van der Waals surface area contributed by atoms with Gasteiger partial charge in [-0.2, -0.15) is 5.10 Å². The molecular weight excluding hydrogens is 352 g/mol. The van der Waals surface area contributed by atoms with Gasteiger partial charge in [0.25, 0.3) is 11.5 Å². The third-order valence-corrected chi connectivity index (χ3v) is 5.43. The molecule has 1 fully saturated rings. The number of nitrogens with zero attached hydrogens (tertiary/aromatic N) is 3. The summed E-state index contributed by atoms with van der Waals surface area (Å²) in [5.41, 5.74) is 0.197. The minimum Gasteiger partial charge on any atom is -0.351 e. The smallest absolute Gasteiger partial charge is 0.274 e. The minimum absolute atomic E-state index is 0.139. The van der Waals surface area contributed by atoms with E-state index < -0.39 is 0 Å². The van der Waals surface area contributed by atoms with Gasteiger partial charge in [0, 0.05) is 18.5 Å². The molecule has 0 radical (unpaired) electrons. The average Bonchev–Trinajstić information content (AvgIpc) is 2.68. The van der Waals surface area contributed by atoms with E-state index in [2.05, 4.69) is 22.2 Å². The van der Waals surface area contributed by atoms with Crippen molar-refractivity contribution in [3.05, 3.63) is 40.3 Å². The predicted octanol–water partition coefficient (Wildman–Crippen LogP) is 2.90. The fourth-order valence-corrected chi connectivity index (χ4v) is 3.75. The number of nitrogens with one attached hydrogen (secondary N) is 1. The van der Waals surface area contributed by atoms with Gasteiger partial charge in [0.15, 0.2) is 5.69 Å². The largest absolute Gasteiger partial charge is 0.351 e. The first kappa shape index (κ1) is 20.5. The first-order chi connectivity index (χ1) is 13.5. The highest BCUT2D eigenvalue weighted by molar-refractivity contribution is 6.04. The summed E-state index contributed by atoms with van der Waals surface area (Å²) in [6.07, 6.45) is 3.45. The van der Waals surface area contributed by atoms with Crippen LogP contribution in [0.4, 0.5) is 0 Å². The van der Waals surface area contributed by atoms with E-state index in [1.54, 1.807) is 12.1 Å². The summed E-state index contributed by atoms with van der Waals surface area (Å²) in [6.45, 7) is 10.8. The van der Waals surface area contributed by atoms with Gasteiger partial charge in [-0.25, -0.2) is 4.68 Å². The molecule has 6 heteroatoms. The van der Waals surface area contributed by atoms with Gasteiger partial charge >= 0.3 is 0 Å². The molecule has 0 unspecified atom stereocenters. The maximum atomic E-state index is 12.8. The Hall–Kier alpha value is -2.21. The van der Waals surface area contributed by atoms with Crippen LogP contribution in [0.2, 0.25) is 0 Å². The van der Waals surface area contributed by atoms with Crippen LogP contribution < -0.4 is 10.9 Å². The van der Waals surface area contributed by atoms with Gasteiger partial charge in [-0.1, -0.05) is 39.0 Å². The lowest BCUT2D eigenvalue weighted by Gasteiger charge is -2.30. The Bertz CT molecular complexity index is 866. The average molecular weight is 385 g/mol. The summed E-state index contributed by atoms with van der Waals surface area (Å²) in [4.78, 5) is 27.9. The Morgan fingerprint density at radius 1 is 1.21 bits per heavy atom. The minimum atomic E-state index is -0.207. The maximum Gasteiger partial charge on any atom is 0.274 e. The van der Waals surface area contributed by atoms with Gasteiger partial charge in [0.2, 0.25) is 0 Å². The van der Waals surface area contributed by atoms with Crippen LogP contribution in [-0.2, 0) is 6.54 Å². The SMILES string of the molecule is CC(C)Cn1nc(C(=O)NCCCN2CCC(C)CC2)c2ccccc2c1=O. The number of amides is 1. The van der Waals surface area contributed by atoms with Crippen molar-refractivity contribution in [2.75, 3.05) is 26.2 Å².